The first-order chi connectivity index (χ1) is 9.79. The third kappa shape index (κ3) is 3.66. The van der Waals surface area contributed by atoms with Crippen molar-refractivity contribution in [3.05, 3.63) is 35.4 Å². The van der Waals surface area contributed by atoms with Crippen LogP contribution in [0.3, 0.4) is 0 Å². The highest BCUT2D eigenvalue weighted by Gasteiger charge is 2.15. The summed E-state index contributed by atoms with van der Waals surface area (Å²) in [6.07, 6.45) is -0.582. The molecule has 0 saturated carbocycles. The predicted octanol–water partition coefficient (Wildman–Crippen LogP) is 2.19. The first kappa shape index (κ1) is 6.40. The first-order valence-corrected chi connectivity index (χ1v) is 4.83. The molecule has 0 bridgehead atoms. The van der Waals surface area contributed by atoms with Crippen molar-refractivity contribution in [2.75, 3.05) is 0 Å². The number of aliphatic carboxylic acids is 1. The minimum atomic E-state index is -3.08. The van der Waals surface area contributed by atoms with Crippen molar-refractivity contribution in [1.29, 1.82) is 0 Å². The molecule has 0 spiro atoms. The topological polar surface area (TPSA) is 57.5 Å². The molecule has 0 radical (unpaired) electrons. The van der Waals surface area contributed by atoms with Crippen LogP contribution in [0.1, 0.15) is 45.9 Å². The maximum atomic E-state index is 10.9. The minimum Gasteiger partial charge on any atom is -0.481 e. The van der Waals surface area contributed by atoms with E-state index < -0.39 is 37.6 Å². The molecule has 0 aromatic heterocycles. The van der Waals surface area contributed by atoms with Gasteiger partial charge in [-0.3, -0.25) is 4.79 Å². The van der Waals surface area contributed by atoms with Crippen molar-refractivity contribution >= 4 is 5.97 Å². The van der Waals surface area contributed by atoms with Crippen LogP contribution >= 0.6 is 0 Å². The number of carboxylic acids is 1. The van der Waals surface area contributed by atoms with Crippen molar-refractivity contribution in [2.45, 2.75) is 38.6 Å². The van der Waals surface area contributed by atoms with Gasteiger partial charge in [0.15, 0.2) is 0 Å². The van der Waals surface area contributed by atoms with E-state index in [0.29, 0.717) is 11.1 Å². The second-order valence-corrected chi connectivity index (χ2v) is 3.84. The predicted molar refractivity (Wildman–Crippen MR) is 62.5 cm³/mol. The Morgan fingerprint density at radius 2 is 2.00 bits per heavy atom. The van der Waals surface area contributed by atoms with E-state index in [2.05, 4.69) is 0 Å². The molecule has 2 N–H and O–H groups in total. The first-order valence-electron chi connectivity index (χ1n) is 7.83. The smallest absolute Gasteiger partial charge is 0.310 e. The van der Waals surface area contributed by atoms with E-state index in [1.807, 2.05) is 0 Å². The van der Waals surface area contributed by atoms with Gasteiger partial charge in [0, 0.05) is 14.6 Å². The molecule has 1 atom stereocenters. The maximum Gasteiger partial charge on any atom is 0.310 e. The highest BCUT2D eigenvalue weighted by molar-refractivity contribution is 5.75. The largest absolute Gasteiger partial charge is 0.481 e. The average molecular weight is 228 g/mol. The van der Waals surface area contributed by atoms with E-state index in [1.165, 1.54) is 31.2 Å². The summed E-state index contributed by atoms with van der Waals surface area (Å²) in [4.78, 5) is 10.9. The molecule has 3 heteroatoms. The Kier molecular flexibility index (Phi) is 1.86. The molecular formula is C13H18O3. The van der Waals surface area contributed by atoms with Gasteiger partial charge in [0.25, 0.3) is 0 Å². The lowest BCUT2D eigenvalue weighted by Gasteiger charge is -2.17. The van der Waals surface area contributed by atoms with Crippen molar-refractivity contribution in [3.63, 3.8) is 0 Å². The Bertz CT molecular complexity index is 518. The molecule has 0 aliphatic carbocycles. The summed E-state index contributed by atoms with van der Waals surface area (Å²) in [5.74, 6) is -1.74. The summed E-state index contributed by atoms with van der Waals surface area (Å²) >= 11 is 0. The second kappa shape index (κ2) is 4.66. The molecule has 0 fully saturated rings. The zero-order valence-electron chi connectivity index (χ0n) is 14.9. The Morgan fingerprint density at radius 3 is 2.44 bits per heavy atom. The number of benzene rings is 1. The van der Waals surface area contributed by atoms with Crippen molar-refractivity contribution in [2.24, 2.45) is 0 Å². The lowest BCUT2D eigenvalue weighted by Crippen LogP contribution is -2.21. The van der Waals surface area contributed by atoms with Gasteiger partial charge in [0.2, 0.25) is 0 Å². The van der Waals surface area contributed by atoms with Crippen molar-refractivity contribution < 1.29 is 23.2 Å². The molecule has 1 unspecified atom stereocenters. The molecule has 1 aromatic carbocycles. The number of carboxylic acid groups (broad SMARTS) is 1. The Morgan fingerprint density at radius 1 is 1.44 bits per heavy atom. The van der Waals surface area contributed by atoms with Gasteiger partial charge in [-0.05, 0) is 31.8 Å². The number of rotatable bonds is 4. The molecule has 16 heavy (non-hydrogen) atoms. The van der Waals surface area contributed by atoms with Crippen LogP contribution in [0.25, 0.3) is 0 Å². The van der Waals surface area contributed by atoms with E-state index >= 15 is 0 Å². The summed E-state index contributed by atoms with van der Waals surface area (Å²) < 4.78 is 43.8. The summed E-state index contributed by atoms with van der Waals surface area (Å²) in [5.41, 5.74) is -2.06. The Hall–Kier alpha value is -1.35. The van der Waals surface area contributed by atoms with Gasteiger partial charge < -0.3 is 10.2 Å². The van der Waals surface area contributed by atoms with Gasteiger partial charge in [-0.15, -0.1) is 0 Å². The summed E-state index contributed by atoms with van der Waals surface area (Å²) in [6.45, 7) is -4.66. The van der Waals surface area contributed by atoms with Crippen LogP contribution in [0, 0.1) is 0 Å². The third-order valence-electron chi connectivity index (χ3n) is 2.31. The zero-order chi connectivity index (χ0) is 17.3. The van der Waals surface area contributed by atoms with Crippen LogP contribution in [0.15, 0.2) is 24.3 Å². The molecule has 1 rings (SSSR count). The van der Waals surface area contributed by atoms with E-state index in [0.717, 1.165) is 0 Å². The number of carbonyl (C=O) groups is 1. The minimum absolute atomic E-state index is 0.302. The zero-order valence-corrected chi connectivity index (χ0v) is 8.90. The fourth-order valence-corrected chi connectivity index (χ4v) is 1.36. The standard InChI is InChI=1S/C13H18O3/c1-9(12(14)15)11-6-4-10(5-7-11)8-13(2,3)16/h4-7,9,16H,8H2,1-3H3,(H,14,15)/i2D3,3D3. The monoisotopic (exact) mass is 228 g/mol. The average Bonchev–Trinajstić information content (AvgIpc) is 2.36. The highest BCUT2D eigenvalue weighted by atomic mass is 16.4. The van der Waals surface area contributed by atoms with Gasteiger partial charge in [0.05, 0.1) is 11.5 Å². The molecule has 0 aliphatic heterocycles. The summed E-state index contributed by atoms with van der Waals surface area (Å²) in [7, 11) is 0. The number of aliphatic hydroxyl groups is 1. The molecule has 88 valence electrons. The number of hydrogen-bond acceptors (Lipinski definition) is 2. The quantitative estimate of drug-likeness (QED) is 0.830. The van der Waals surface area contributed by atoms with Gasteiger partial charge in [-0.25, -0.2) is 0 Å². The van der Waals surface area contributed by atoms with Crippen LogP contribution < -0.4 is 0 Å². The fourth-order valence-electron chi connectivity index (χ4n) is 1.36. The fraction of sp³-hybridized carbons (Fsp3) is 0.462. The summed E-state index contributed by atoms with van der Waals surface area (Å²) in [5, 5.41) is 19.1. The molecule has 0 aliphatic rings. The highest BCUT2D eigenvalue weighted by Crippen LogP contribution is 2.18. The van der Waals surface area contributed by atoms with Crippen LogP contribution in [0.4, 0.5) is 0 Å². The third-order valence-corrected chi connectivity index (χ3v) is 2.31. The lowest BCUT2D eigenvalue weighted by atomic mass is 9.95. The van der Waals surface area contributed by atoms with Gasteiger partial charge in [0.1, 0.15) is 0 Å². The van der Waals surface area contributed by atoms with E-state index in [1.54, 1.807) is 0 Å². The molecule has 0 saturated heterocycles. The van der Waals surface area contributed by atoms with E-state index in [-0.39, 0.29) is 0 Å². The normalized spacial score (nSPS) is 20.6. The second-order valence-electron chi connectivity index (χ2n) is 3.84. The van der Waals surface area contributed by atoms with Crippen molar-refractivity contribution in [3.8, 4) is 0 Å². The Labute approximate surface area is 104 Å². The number of hydrogen-bond donors (Lipinski definition) is 2. The van der Waals surface area contributed by atoms with Gasteiger partial charge in [-0.1, -0.05) is 24.3 Å². The lowest BCUT2D eigenvalue weighted by molar-refractivity contribution is -0.138. The molecule has 0 amide bonds. The van der Waals surface area contributed by atoms with Crippen LogP contribution in [-0.2, 0) is 11.2 Å². The van der Waals surface area contributed by atoms with E-state index in [9.17, 15) is 9.90 Å². The molecule has 0 heterocycles. The SMILES string of the molecule is [2H]C([2H])([2H])C(O)(Cc1ccc(C(C)C(=O)O)cc1)C([2H])([2H])[2H]. The molecule has 3 nitrogen and oxygen atoms in total. The molecule has 1 aromatic rings. The molecular weight excluding hydrogens is 204 g/mol. The Balaban J connectivity index is 3.09. The van der Waals surface area contributed by atoms with Crippen LogP contribution in [0.5, 0.6) is 0 Å². The van der Waals surface area contributed by atoms with Crippen LogP contribution in [-0.4, -0.2) is 21.8 Å². The van der Waals surface area contributed by atoms with Gasteiger partial charge >= 0.3 is 5.97 Å². The maximum absolute atomic E-state index is 10.9. The summed E-state index contributed by atoms with van der Waals surface area (Å²) in [6, 6.07) is 5.82. The van der Waals surface area contributed by atoms with E-state index in [4.69, 9.17) is 13.3 Å². The van der Waals surface area contributed by atoms with Crippen molar-refractivity contribution in [1.82, 2.24) is 0 Å². The van der Waals surface area contributed by atoms with Gasteiger partial charge in [-0.2, -0.15) is 0 Å². The van der Waals surface area contributed by atoms with Crippen LogP contribution in [0.2, 0.25) is 0 Å².